The summed E-state index contributed by atoms with van der Waals surface area (Å²) in [6.45, 7) is 4.01. The molecule has 3 N–H and O–H groups in total. The van der Waals surface area contributed by atoms with Crippen molar-refractivity contribution in [3.8, 4) is 5.75 Å². The zero-order valence-corrected chi connectivity index (χ0v) is 18.6. The first kappa shape index (κ1) is 22.4. The summed E-state index contributed by atoms with van der Waals surface area (Å²) < 4.78 is 0. The van der Waals surface area contributed by atoms with Gasteiger partial charge in [-0.1, -0.05) is 24.3 Å². The number of rotatable bonds is 5. The molecule has 0 saturated carbocycles. The lowest BCUT2D eigenvalue weighted by Gasteiger charge is -2.23. The van der Waals surface area contributed by atoms with Gasteiger partial charge in [-0.3, -0.25) is 9.59 Å². The first-order valence-electron chi connectivity index (χ1n) is 11.0. The number of nitrogens with zero attached hydrogens (tertiary/aromatic N) is 2. The molecule has 33 heavy (non-hydrogen) atoms. The Labute approximate surface area is 193 Å². The number of phenols is 1. The van der Waals surface area contributed by atoms with E-state index in [2.05, 4.69) is 27.5 Å². The summed E-state index contributed by atoms with van der Waals surface area (Å²) >= 11 is 0. The number of carbonyl (C=O) groups excluding carboxylic acids is 2. The van der Waals surface area contributed by atoms with Crippen molar-refractivity contribution in [2.75, 3.05) is 48.8 Å². The lowest BCUT2D eigenvalue weighted by molar-refractivity contribution is 0.102. The summed E-state index contributed by atoms with van der Waals surface area (Å²) in [6.07, 6.45) is 1.10. The molecule has 170 valence electrons. The molecule has 1 fully saturated rings. The molecule has 4 rings (SSSR count). The first-order valence-corrected chi connectivity index (χ1v) is 11.0. The first-order chi connectivity index (χ1) is 16.0. The third kappa shape index (κ3) is 5.51. The highest BCUT2D eigenvalue weighted by Crippen LogP contribution is 2.29. The number of hydrogen-bond acceptors (Lipinski definition) is 5. The van der Waals surface area contributed by atoms with Gasteiger partial charge in [0.2, 0.25) is 0 Å². The van der Waals surface area contributed by atoms with Crippen molar-refractivity contribution in [2.24, 2.45) is 0 Å². The Kier molecular flexibility index (Phi) is 6.90. The van der Waals surface area contributed by atoms with Crippen molar-refractivity contribution in [3.63, 3.8) is 0 Å². The van der Waals surface area contributed by atoms with E-state index in [1.54, 1.807) is 36.4 Å². The van der Waals surface area contributed by atoms with Crippen LogP contribution in [0, 0.1) is 0 Å². The van der Waals surface area contributed by atoms with Gasteiger partial charge in [0.05, 0.1) is 11.3 Å². The third-order valence-corrected chi connectivity index (χ3v) is 5.77. The van der Waals surface area contributed by atoms with Crippen LogP contribution < -0.4 is 15.5 Å². The van der Waals surface area contributed by atoms with Crippen LogP contribution >= 0.6 is 0 Å². The molecule has 0 spiro atoms. The molecule has 1 heterocycles. The van der Waals surface area contributed by atoms with E-state index in [4.69, 9.17) is 0 Å². The van der Waals surface area contributed by atoms with Crippen LogP contribution in [0.4, 0.5) is 17.1 Å². The fraction of sp³-hybridized carbons (Fsp3) is 0.231. The Hall–Kier alpha value is -3.84. The number of benzene rings is 3. The number of amides is 2. The molecule has 0 atom stereocenters. The average Bonchev–Trinajstić information content (AvgIpc) is 3.05. The molecular weight excluding hydrogens is 416 g/mol. The van der Waals surface area contributed by atoms with Gasteiger partial charge in [0, 0.05) is 36.6 Å². The molecular formula is C26H28N4O3. The second kappa shape index (κ2) is 10.2. The molecule has 1 aliphatic heterocycles. The number of aromatic hydroxyl groups is 1. The molecule has 0 radical (unpaired) electrons. The quantitative estimate of drug-likeness (QED) is 0.517. The van der Waals surface area contributed by atoms with Crippen molar-refractivity contribution in [1.29, 1.82) is 0 Å². The van der Waals surface area contributed by atoms with Crippen LogP contribution in [-0.2, 0) is 0 Å². The Morgan fingerprint density at radius 2 is 1.55 bits per heavy atom. The molecule has 7 nitrogen and oxygen atoms in total. The van der Waals surface area contributed by atoms with E-state index in [1.165, 1.54) is 6.07 Å². The van der Waals surface area contributed by atoms with Crippen molar-refractivity contribution in [1.82, 2.24) is 4.90 Å². The summed E-state index contributed by atoms with van der Waals surface area (Å²) in [5.41, 5.74) is 2.40. The lowest BCUT2D eigenvalue weighted by atomic mass is 10.1. The number of anilines is 3. The fourth-order valence-corrected chi connectivity index (χ4v) is 3.89. The van der Waals surface area contributed by atoms with Gasteiger partial charge in [0.25, 0.3) is 11.8 Å². The van der Waals surface area contributed by atoms with Gasteiger partial charge in [0.1, 0.15) is 5.75 Å². The van der Waals surface area contributed by atoms with Crippen molar-refractivity contribution < 1.29 is 14.7 Å². The van der Waals surface area contributed by atoms with Crippen LogP contribution in [-0.4, -0.2) is 55.0 Å². The summed E-state index contributed by atoms with van der Waals surface area (Å²) in [7, 11) is 2.13. The highest BCUT2D eigenvalue weighted by atomic mass is 16.3. The lowest BCUT2D eigenvalue weighted by Crippen LogP contribution is -2.28. The zero-order valence-electron chi connectivity index (χ0n) is 18.6. The largest absolute Gasteiger partial charge is 0.506 e. The van der Waals surface area contributed by atoms with E-state index < -0.39 is 11.8 Å². The average molecular weight is 445 g/mol. The minimum absolute atomic E-state index is 0.0792. The minimum atomic E-state index is -0.422. The predicted molar refractivity (Wildman–Crippen MR) is 131 cm³/mol. The number of hydrogen-bond donors (Lipinski definition) is 3. The Bertz CT molecular complexity index is 1120. The van der Waals surface area contributed by atoms with E-state index in [9.17, 15) is 14.7 Å². The number of nitrogens with one attached hydrogen (secondary N) is 2. The minimum Gasteiger partial charge on any atom is -0.506 e. The highest BCUT2D eigenvalue weighted by Gasteiger charge is 2.19. The molecule has 1 aliphatic rings. The second-order valence-corrected chi connectivity index (χ2v) is 8.16. The molecule has 0 aromatic heterocycles. The molecule has 0 unspecified atom stereocenters. The van der Waals surface area contributed by atoms with Crippen LogP contribution in [0.3, 0.4) is 0 Å². The number of carbonyl (C=O) groups is 2. The molecule has 3 aromatic rings. The highest BCUT2D eigenvalue weighted by molar-refractivity contribution is 6.13. The molecule has 1 saturated heterocycles. The Morgan fingerprint density at radius 3 is 2.30 bits per heavy atom. The van der Waals surface area contributed by atoms with Gasteiger partial charge in [0.15, 0.2) is 0 Å². The van der Waals surface area contributed by atoms with Crippen LogP contribution in [0.15, 0.2) is 72.8 Å². The predicted octanol–water partition coefficient (Wildman–Crippen LogP) is 4.04. The van der Waals surface area contributed by atoms with Gasteiger partial charge in [-0.25, -0.2) is 0 Å². The Balaban J connectivity index is 1.48. The molecule has 3 aromatic carbocycles. The van der Waals surface area contributed by atoms with Crippen LogP contribution in [0.5, 0.6) is 5.75 Å². The maximum absolute atomic E-state index is 12.9. The molecule has 2 amide bonds. The standard InChI is InChI=1S/C26H28N4O3/c1-29-15-6-16-30(18-17-29)21-13-11-19(12-14-21)25(32)28-24-22(9-5-10-23(24)31)26(33)27-20-7-3-2-4-8-20/h2-5,7-14,31H,6,15-18H2,1H3,(H,27,33)(H,28,32). The van der Waals surface area contributed by atoms with Gasteiger partial charge < -0.3 is 25.5 Å². The van der Waals surface area contributed by atoms with E-state index >= 15 is 0 Å². The number of phenolic OH excluding ortho intramolecular Hbond substituents is 1. The topological polar surface area (TPSA) is 84.9 Å². The van der Waals surface area contributed by atoms with Crippen molar-refractivity contribution in [3.05, 3.63) is 83.9 Å². The van der Waals surface area contributed by atoms with Crippen LogP contribution in [0.25, 0.3) is 0 Å². The van der Waals surface area contributed by atoms with Crippen molar-refractivity contribution in [2.45, 2.75) is 6.42 Å². The monoisotopic (exact) mass is 444 g/mol. The van der Waals surface area contributed by atoms with E-state index in [-0.39, 0.29) is 17.0 Å². The smallest absolute Gasteiger partial charge is 0.257 e. The Morgan fingerprint density at radius 1 is 0.788 bits per heavy atom. The van der Waals surface area contributed by atoms with Gasteiger partial charge in [-0.05, 0) is 68.5 Å². The van der Waals surface area contributed by atoms with E-state index in [0.29, 0.717) is 11.3 Å². The molecule has 0 bridgehead atoms. The normalized spacial score (nSPS) is 14.4. The molecule has 0 aliphatic carbocycles. The van der Waals surface area contributed by atoms with Gasteiger partial charge in [-0.15, -0.1) is 0 Å². The van der Waals surface area contributed by atoms with Gasteiger partial charge in [-0.2, -0.15) is 0 Å². The number of likely N-dealkylation sites (N-methyl/N-ethyl adjacent to an activating group) is 1. The van der Waals surface area contributed by atoms with Crippen molar-refractivity contribution >= 4 is 28.9 Å². The van der Waals surface area contributed by atoms with Crippen LogP contribution in [0.1, 0.15) is 27.1 Å². The summed E-state index contributed by atoms with van der Waals surface area (Å²) in [5.74, 6) is -0.990. The summed E-state index contributed by atoms with van der Waals surface area (Å²) in [6, 6.07) is 21.0. The zero-order chi connectivity index (χ0) is 23.2. The maximum Gasteiger partial charge on any atom is 0.257 e. The third-order valence-electron chi connectivity index (χ3n) is 5.77. The van der Waals surface area contributed by atoms with Gasteiger partial charge >= 0.3 is 0 Å². The summed E-state index contributed by atoms with van der Waals surface area (Å²) in [5, 5.41) is 15.8. The van der Waals surface area contributed by atoms with E-state index in [0.717, 1.165) is 38.3 Å². The maximum atomic E-state index is 12.9. The van der Waals surface area contributed by atoms with Crippen LogP contribution in [0.2, 0.25) is 0 Å². The number of para-hydroxylation sites is 2. The SMILES string of the molecule is CN1CCCN(c2ccc(C(=O)Nc3c(O)cccc3C(=O)Nc3ccccc3)cc2)CC1. The fourth-order valence-electron chi connectivity index (χ4n) is 3.89. The summed E-state index contributed by atoms with van der Waals surface area (Å²) in [4.78, 5) is 30.3. The second-order valence-electron chi connectivity index (χ2n) is 8.16. The van der Waals surface area contributed by atoms with E-state index in [1.807, 2.05) is 30.3 Å². The molecule has 7 heteroatoms.